The van der Waals surface area contributed by atoms with Crippen LogP contribution in [-0.2, 0) is 0 Å². The lowest BCUT2D eigenvalue weighted by Gasteiger charge is -2.09. The van der Waals surface area contributed by atoms with Gasteiger partial charge in [-0.3, -0.25) is 0 Å². The van der Waals surface area contributed by atoms with E-state index in [1.165, 1.54) is 19.3 Å². The molecule has 1 N–H and O–H groups in total. The second kappa shape index (κ2) is 7.17. The van der Waals surface area contributed by atoms with Crippen molar-refractivity contribution >= 4 is 31.9 Å². The second-order valence-electron chi connectivity index (χ2n) is 3.64. The fourth-order valence-electron chi connectivity index (χ4n) is 1.34. The zero-order valence-corrected chi connectivity index (χ0v) is 12.5. The van der Waals surface area contributed by atoms with E-state index in [4.69, 9.17) is 4.74 Å². The van der Waals surface area contributed by atoms with Crippen LogP contribution in [0.4, 0.5) is 0 Å². The molecule has 0 saturated carbocycles. The Morgan fingerprint density at radius 1 is 1.12 bits per heavy atom. The van der Waals surface area contributed by atoms with Gasteiger partial charge in [-0.2, -0.15) is 0 Å². The highest BCUT2D eigenvalue weighted by molar-refractivity contribution is 9.13. The maximum atomic E-state index is 9.64. The number of phenols is 1. The van der Waals surface area contributed by atoms with E-state index in [1.54, 1.807) is 12.1 Å². The van der Waals surface area contributed by atoms with Gasteiger partial charge in [0, 0.05) is 8.95 Å². The summed E-state index contributed by atoms with van der Waals surface area (Å²) in [4.78, 5) is 0. The smallest absolute Gasteiger partial charge is 0.162 e. The van der Waals surface area contributed by atoms with Crippen LogP contribution in [0, 0.1) is 0 Å². The Morgan fingerprint density at radius 2 is 1.81 bits per heavy atom. The first-order chi connectivity index (χ1) is 7.65. The Balaban J connectivity index is 2.45. The first kappa shape index (κ1) is 13.8. The zero-order valence-electron chi connectivity index (χ0n) is 9.30. The normalized spacial score (nSPS) is 10.4. The largest absolute Gasteiger partial charge is 0.504 e. The molecule has 0 radical (unpaired) electrons. The Labute approximate surface area is 113 Å². The SMILES string of the molecule is CCCCCCOc1cc(Br)c(Br)cc1O. The molecule has 0 bridgehead atoms. The third kappa shape index (κ3) is 4.34. The van der Waals surface area contributed by atoms with Crippen LogP contribution in [0.3, 0.4) is 0 Å². The summed E-state index contributed by atoms with van der Waals surface area (Å²) in [5.41, 5.74) is 0. The summed E-state index contributed by atoms with van der Waals surface area (Å²) in [7, 11) is 0. The predicted octanol–water partition coefficient (Wildman–Crippen LogP) is 4.88. The number of ether oxygens (including phenoxy) is 1. The maximum Gasteiger partial charge on any atom is 0.162 e. The number of hydrogen-bond acceptors (Lipinski definition) is 2. The van der Waals surface area contributed by atoms with Gasteiger partial charge in [0.05, 0.1) is 6.61 Å². The summed E-state index contributed by atoms with van der Waals surface area (Å²) >= 11 is 6.70. The summed E-state index contributed by atoms with van der Waals surface area (Å²) in [5.74, 6) is 0.706. The Bertz CT molecular complexity index is 340. The number of rotatable bonds is 6. The van der Waals surface area contributed by atoms with Gasteiger partial charge in [-0.1, -0.05) is 26.2 Å². The van der Waals surface area contributed by atoms with Crippen molar-refractivity contribution in [1.29, 1.82) is 0 Å². The van der Waals surface area contributed by atoms with E-state index in [2.05, 4.69) is 38.8 Å². The van der Waals surface area contributed by atoms with Crippen molar-refractivity contribution in [3.8, 4) is 11.5 Å². The Hall–Kier alpha value is -0.220. The molecule has 1 rings (SSSR count). The van der Waals surface area contributed by atoms with E-state index in [0.717, 1.165) is 15.4 Å². The topological polar surface area (TPSA) is 29.5 Å². The van der Waals surface area contributed by atoms with Crippen molar-refractivity contribution in [3.05, 3.63) is 21.1 Å². The van der Waals surface area contributed by atoms with Crippen molar-refractivity contribution in [1.82, 2.24) is 0 Å². The average Bonchev–Trinajstić information content (AvgIpc) is 2.25. The fourth-order valence-corrected chi connectivity index (χ4v) is 2.00. The number of unbranched alkanes of at least 4 members (excludes halogenated alkanes) is 3. The fraction of sp³-hybridized carbons (Fsp3) is 0.500. The molecule has 0 aliphatic rings. The van der Waals surface area contributed by atoms with Crippen molar-refractivity contribution in [2.24, 2.45) is 0 Å². The maximum absolute atomic E-state index is 9.64. The van der Waals surface area contributed by atoms with Crippen LogP contribution in [-0.4, -0.2) is 11.7 Å². The van der Waals surface area contributed by atoms with E-state index in [1.807, 2.05) is 0 Å². The molecule has 0 fully saturated rings. The van der Waals surface area contributed by atoms with Gasteiger partial charge in [-0.05, 0) is 50.4 Å². The van der Waals surface area contributed by atoms with Gasteiger partial charge in [0.15, 0.2) is 11.5 Å². The summed E-state index contributed by atoms with van der Waals surface area (Å²) in [5, 5.41) is 9.64. The lowest BCUT2D eigenvalue weighted by molar-refractivity contribution is 0.289. The molecule has 16 heavy (non-hydrogen) atoms. The minimum atomic E-state index is 0.172. The molecule has 4 heteroatoms. The monoisotopic (exact) mass is 350 g/mol. The minimum absolute atomic E-state index is 0.172. The number of hydrogen-bond donors (Lipinski definition) is 1. The van der Waals surface area contributed by atoms with Gasteiger partial charge < -0.3 is 9.84 Å². The van der Waals surface area contributed by atoms with E-state index < -0.39 is 0 Å². The second-order valence-corrected chi connectivity index (χ2v) is 5.35. The van der Waals surface area contributed by atoms with Crippen molar-refractivity contribution < 1.29 is 9.84 Å². The van der Waals surface area contributed by atoms with Gasteiger partial charge in [-0.25, -0.2) is 0 Å². The first-order valence-corrected chi connectivity index (χ1v) is 7.04. The molecule has 0 amide bonds. The standard InChI is InChI=1S/C12H16Br2O2/c1-2-3-4-5-6-16-12-8-10(14)9(13)7-11(12)15/h7-8,15H,2-6H2,1H3. The van der Waals surface area contributed by atoms with Gasteiger partial charge in [0.25, 0.3) is 0 Å². The molecule has 0 aliphatic carbocycles. The number of halogens is 2. The number of benzene rings is 1. The highest BCUT2D eigenvalue weighted by Crippen LogP contribution is 2.35. The summed E-state index contributed by atoms with van der Waals surface area (Å²) in [6.07, 6.45) is 4.66. The molecule has 2 nitrogen and oxygen atoms in total. The highest BCUT2D eigenvalue weighted by atomic mass is 79.9. The molecule has 0 aliphatic heterocycles. The number of phenolic OH excluding ortho intramolecular Hbond substituents is 1. The summed E-state index contributed by atoms with van der Waals surface area (Å²) in [6, 6.07) is 3.41. The Morgan fingerprint density at radius 3 is 2.50 bits per heavy atom. The van der Waals surface area contributed by atoms with Crippen LogP contribution in [0.15, 0.2) is 21.1 Å². The molecule has 0 unspecified atom stereocenters. The van der Waals surface area contributed by atoms with Gasteiger partial charge >= 0.3 is 0 Å². The summed E-state index contributed by atoms with van der Waals surface area (Å²) in [6.45, 7) is 2.83. The average molecular weight is 352 g/mol. The quantitative estimate of drug-likeness (QED) is 0.740. The van der Waals surface area contributed by atoms with Crippen LogP contribution in [0.25, 0.3) is 0 Å². The van der Waals surface area contributed by atoms with Gasteiger partial charge in [-0.15, -0.1) is 0 Å². The lowest BCUT2D eigenvalue weighted by Crippen LogP contribution is -1.97. The van der Waals surface area contributed by atoms with Crippen LogP contribution < -0.4 is 4.74 Å². The molecular formula is C12H16Br2O2. The van der Waals surface area contributed by atoms with E-state index in [-0.39, 0.29) is 5.75 Å². The molecule has 1 aromatic carbocycles. The molecule has 0 aromatic heterocycles. The van der Waals surface area contributed by atoms with Crippen LogP contribution in [0.2, 0.25) is 0 Å². The molecule has 0 spiro atoms. The van der Waals surface area contributed by atoms with Crippen molar-refractivity contribution in [3.63, 3.8) is 0 Å². The molecule has 0 saturated heterocycles. The third-order valence-corrected chi connectivity index (χ3v) is 4.10. The highest BCUT2D eigenvalue weighted by Gasteiger charge is 2.06. The third-order valence-electron chi connectivity index (χ3n) is 2.26. The van der Waals surface area contributed by atoms with E-state index >= 15 is 0 Å². The number of aromatic hydroxyl groups is 1. The van der Waals surface area contributed by atoms with E-state index in [0.29, 0.717) is 12.4 Å². The van der Waals surface area contributed by atoms with Crippen LogP contribution in [0.1, 0.15) is 32.6 Å². The summed E-state index contributed by atoms with van der Waals surface area (Å²) < 4.78 is 7.22. The van der Waals surface area contributed by atoms with Crippen molar-refractivity contribution in [2.75, 3.05) is 6.61 Å². The molecule has 0 atom stereocenters. The molecule has 90 valence electrons. The van der Waals surface area contributed by atoms with Gasteiger partial charge in [0.1, 0.15) is 0 Å². The lowest BCUT2D eigenvalue weighted by atomic mass is 10.2. The molecule has 0 heterocycles. The predicted molar refractivity (Wildman–Crippen MR) is 73.1 cm³/mol. The zero-order chi connectivity index (χ0) is 12.0. The van der Waals surface area contributed by atoms with Crippen molar-refractivity contribution in [2.45, 2.75) is 32.6 Å². The van der Waals surface area contributed by atoms with Gasteiger partial charge in [0.2, 0.25) is 0 Å². The van der Waals surface area contributed by atoms with E-state index in [9.17, 15) is 5.11 Å². The minimum Gasteiger partial charge on any atom is -0.504 e. The van der Waals surface area contributed by atoms with Crippen LogP contribution in [0.5, 0.6) is 11.5 Å². The van der Waals surface area contributed by atoms with Crippen LogP contribution >= 0.6 is 31.9 Å². The molecule has 1 aromatic rings. The Kier molecular flexibility index (Phi) is 6.21. The first-order valence-electron chi connectivity index (χ1n) is 5.46. The molecular weight excluding hydrogens is 336 g/mol.